The molecule has 0 radical (unpaired) electrons. The molecule has 0 saturated heterocycles. The number of rotatable bonds is 41. The Hall–Kier alpha value is -4.04. The molecular formula is C48H74N4O12. The first-order valence-corrected chi connectivity index (χ1v) is 22.5. The molecule has 5 N–H and O–H groups in total. The van der Waals surface area contributed by atoms with Crippen LogP contribution in [0, 0.1) is 0 Å². The Morgan fingerprint density at radius 2 is 0.938 bits per heavy atom. The fourth-order valence-electron chi connectivity index (χ4n) is 6.54. The summed E-state index contributed by atoms with van der Waals surface area (Å²) in [6.07, 6.45) is 2.61. The zero-order chi connectivity index (χ0) is 45.6. The van der Waals surface area contributed by atoms with E-state index in [0.717, 1.165) is 48.2 Å². The van der Waals surface area contributed by atoms with Crippen molar-refractivity contribution in [1.82, 2.24) is 16.0 Å². The zero-order valence-corrected chi connectivity index (χ0v) is 38.1. The van der Waals surface area contributed by atoms with E-state index < -0.39 is 5.54 Å². The normalized spacial score (nSPS) is 12.0. The van der Waals surface area contributed by atoms with Gasteiger partial charge in [-0.2, -0.15) is 0 Å². The molecular weight excluding hydrogens is 825 g/mol. The van der Waals surface area contributed by atoms with Crippen molar-refractivity contribution in [2.24, 2.45) is 5.73 Å². The highest BCUT2D eigenvalue weighted by atomic mass is 16.6. The van der Waals surface area contributed by atoms with Gasteiger partial charge in [-0.05, 0) is 55.1 Å². The minimum atomic E-state index is -0.566. The van der Waals surface area contributed by atoms with Crippen LogP contribution in [-0.2, 0) is 57.8 Å². The number of hydrogen-bond donors (Lipinski definition) is 4. The van der Waals surface area contributed by atoms with Gasteiger partial charge in [-0.3, -0.25) is 14.9 Å². The summed E-state index contributed by atoms with van der Waals surface area (Å²) in [6.45, 7) is 10.7. The topological polar surface area (TPSA) is 189 Å². The van der Waals surface area contributed by atoms with Gasteiger partial charge in [-0.15, -0.1) is 0 Å². The van der Waals surface area contributed by atoms with Crippen LogP contribution in [0.15, 0.2) is 84.9 Å². The van der Waals surface area contributed by atoms with E-state index in [1.54, 1.807) is 7.11 Å². The van der Waals surface area contributed by atoms with Crippen LogP contribution in [-0.4, -0.2) is 164 Å². The predicted octanol–water partition coefficient (Wildman–Crippen LogP) is 3.48. The molecule has 358 valence electrons. The second-order valence-electron chi connectivity index (χ2n) is 14.6. The SMILES string of the molecule is COc1ccc(C(NCCCC[C@@H](C)NC(=O)COCC(=O)NCCOCCOCCOCCOCCOCCOCCOCCOCCN)(c2ccccc2)c2ccccc2)cc1. The number of nitrogens with one attached hydrogen (secondary N) is 3. The highest BCUT2D eigenvalue weighted by Crippen LogP contribution is 2.37. The van der Waals surface area contributed by atoms with Gasteiger partial charge in [0.05, 0.1) is 118 Å². The van der Waals surface area contributed by atoms with Crippen LogP contribution in [0.1, 0.15) is 42.9 Å². The third kappa shape index (κ3) is 23.8. The molecule has 1 atom stereocenters. The van der Waals surface area contributed by atoms with Crippen molar-refractivity contribution < 1.29 is 57.0 Å². The van der Waals surface area contributed by atoms with Crippen molar-refractivity contribution in [3.63, 3.8) is 0 Å². The van der Waals surface area contributed by atoms with Gasteiger partial charge in [0.15, 0.2) is 0 Å². The third-order valence-corrected chi connectivity index (χ3v) is 9.70. The van der Waals surface area contributed by atoms with Gasteiger partial charge >= 0.3 is 0 Å². The fraction of sp³-hybridized carbons (Fsp3) is 0.583. The Balaban J connectivity index is 1.12. The number of nitrogens with two attached hydrogens (primary N) is 1. The van der Waals surface area contributed by atoms with E-state index in [4.69, 9.17) is 53.1 Å². The molecule has 0 bridgehead atoms. The molecule has 16 nitrogen and oxygen atoms in total. The number of unbranched alkanes of at least 4 members (excludes halogenated alkanes) is 1. The molecule has 3 aromatic carbocycles. The molecule has 16 heteroatoms. The molecule has 64 heavy (non-hydrogen) atoms. The zero-order valence-electron chi connectivity index (χ0n) is 38.1. The maximum absolute atomic E-state index is 12.5. The van der Waals surface area contributed by atoms with Crippen molar-refractivity contribution in [2.45, 2.75) is 37.8 Å². The standard InChI is InChI=1S/C48H74N4O12/c1-41(11-9-10-21-51-48(42-12-5-3-6-13-42,43-14-7-4-8-15-43)44-16-18-45(55-2)19-17-44)52-47(54)40-64-39-46(53)50-22-24-57-26-28-59-30-32-61-34-36-63-38-37-62-35-33-60-31-29-58-27-25-56-23-20-49/h3-8,12-19,41,51H,9-11,20-40,49H2,1-2H3,(H,50,53)(H,52,54)/t41-/m1/s1. The number of benzene rings is 3. The molecule has 0 aliphatic heterocycles. The van der Waals surface area contributed by atoms with Gasteiger partial charge in [0.25, 0.3) is 0 Å². The Kier molecular flexibility index (Phi) is 30.7. The monoisotopic (exact) mass is 899 g/mol. The van der Waals surface area contributed by atoms with Crippen molar-refractivity contribution in [1.29, 1.82) is 0 Å². The van der Waals surface area contributed by atoms with E-state index in [-0.39, 0.29) is 31.1 Å². The van der Waals surface area contributed by atoms with Gasteiger partial charge in [0.2, 0.25) is 11.8 Å². The Bertz CT molecular complexity index is 1540. The molecule has 0 aliphatic carbocycles. The van der Waals surface area contributed by atoms with Gasteiger partial charge in [-0.1, -0.05) is 79.2 Å². The minimum Gasteiger partial charge on any atom is -0.497 e. The molecule has 0 unspecified atom stereocenters. The first-order valence-electron chi connectivity index (χ1n) is 22.5. The first-order chi connectivity index (χ1) is 31.5. The minimum absolute atomic E-state index is 0.0439. The van der Waals surface area contributed by atoms with Gasteiger partial charge in [-0.25, -0.2) is 0 Å². The molecule has 2 amide bonds. The van der Waals surface area contributed by atoms with Crippen molar-refractivity contribution >= 4 is 11.8 Å². The predicted molar refractivity (Wildman–Crippen MR) is 245 cm³/mol. The van der Waals surface area contributed by atoms with E-state index in [9.17, 15) is 9.59 Å². The number of hydrogen-bond acceptors (Lipinski definition) is 14. The van der Waals surface area contributed by atoms with E-state index in [2.05, 4.69) is 76.6 Å². The lowest BCUT2D eigenvalue weighted by molar-refractivity contribution is -0.131. The van der Waals surface area contributed by atoms with Gasteiger partial charge in [0.1, 0.15) is 19.0 Å². The van der Waals surface area contributed by atoms with Crippen LogP contribution in [0.4, 0.5) is 0 Å². The van der Waals surface area contributed by atoms with E-state index in [0.29, 0.717) is 119 Å². The van der Waals surface area contributed by atoms with E-state index in [1.165, 1.54) is 0 Å². The summed E-state index contributed by atoms with van der Waals surface area (Å²) >= 11 is 0. The molecule has 0 fully saturated rings. The maximum Gasteiger partial charge on any atom is 0.246 e. The molecule has 0 aliphatic rings. The molecule has 0 saturated carbocycles. The van der Waals surface area contributed by atoms with Crippen molar-refractivity contribution in [3.8, 4) is 5.75 Å². The van der Waals surface area contributed by atoms with Crippen LogP contribution < -0.4 is 26.4 Å². The number of carbonyl (C=O) groups is 2. The van der Waals surface area contributed by atoms with E-state index in [1.807, 2.05) is 31.2 Å². The summed E-state index contributed by atoms with van der Waals surface area (Å²) in [5, 5.41) is 9.61. The fourth-order valence-corrected chi connectivity index (χ4v) is 6.54. The lowest BCUT2D eigenvalue weighted by Gasteiger charge is -2.37. The quantitative estimate of drug-likeness (QED) is 0.0479. The average molecular weight is 899 g/mol. The maximum atomic E-state index is 12.5. The second-order valence-corrected chi connectivity index (χ2v) is 14.6. The number of carbonyl (C=O) groups excluding carboxylic acids is 2. The highest BCUT2D eigenvalue weighted by Gasteiger charge is 2.35. The summed E-state index contributed by atoms with van der Waals surface area (Å²) in [4.78, 5) is 24.7. The third-order valence-electron chi connectivity index (χ3n) is 9.70. The number of amides is 2. The summed E-state index contributed by atoms with van der Waals surface area (Å²) in [5.74, 6) is 0.230. The number of ether oxygens (including phenoxy) is 10. The Morgan fingerprint density at radius 1 is 0.516 bits per heavy atom. The lowest BCUT2D eigenvalue weighted by atomic mass is 9.77. The molecule has 3 aromatic rings. The summed E-state index contributed by atoms with van der Waals surface area (Å²) < 4.78 is 54.3. The Morgan fingerprint density at radius 3 is 1.39 bits per heavy atom. The first kappa shape index (κ1) is 54.3. The van der Waals surface area contributed by atoms with E-state index >= 15 is 0 Å². The van der Waals surface area contributed by atoms with Gasteiger partial charge < -0.3 is 63.7 Å². The average Bonchev–Trinajstić information content (AvgIpc) is 3.32. The van der Waals surface area contributed by atoms with Crippen LogP contribution in [0.5, 0.6) is 5.75 Å². The van der Waals surface area contributed by atoms with Crippen LogP contribution in [0.25, 0.3) is 0 Å². The van der Waals surface area contributed by atoms with Crippen LogP contribution in [0.2, 0.25) is 0 Å². The second kappa shape index (κ2) is 36.2. The molecule has 0 heterocycles. The van der Waals surface area contributed by atoms with Crippen molar-refractivity contribution in [3.05, 3.63) is 102 Å². The lowest BCUT2D eigenvalue weighted by Crippen LogP contribution is -2.45. The highest BCUT2D eigenvalue weighted by molar-refractivity contribution is 5.79. The summed E-state index contributed by atoms with van der Waals surface area (Å²) in [6, 6.07) is 29.1. The number of methoxy groups -OCH3 is 1. The summed E-state index contributed by atoms with van der Waals surface area (Å²) in [7, 11) is 1.67. The largest absolute Gasteiger partial charge is 0.497 e. The molecule has 3 rings (SSSR count). The van der Waals surface area contributed by atoms with Gasteiger partial charge in [0, 0.05) is 19.1 Å². The van der Waals surface area contributed by atoms with Crippen LogP contribution in [0.3, 0.4) is 0 Å². The van der Waals surface area contributed by atoms with Crippen LogP contribution >= 0.6 is 0 Å². The van der Waals surface area contributed by atoms with Crippen molar-refractivity contribution in [2.75, 3.05) is 146 Å². The molecule has 0 aromatic heterocycles. The Labute approximate surface area is 380 Å². The summed E-state index contributed by atoms with van der Waals surface area (Å²) in [5.41, 5.74) is 8.18. The molecule has 0 spiro atoms. The smallest absolute Gasteiger partial charge is 0.246 e.